The molecule has 1 aliphatic rings. The molecule has 0 spiro atoms. The van der Waals surface area contributed by atoms with Gasteiger partial charge in [-0.1, -0.05) is 12.1 Å². The second-order valence-corrected chi connectivity index (χ2v) is 9.05. The Balaban J connectivity index is 1.70. The van der Waals surface area contributed by atoms with Gasteiger partial charge in [0.2, 0.25) is 10.0 Å². The number of hydrazone groups is 1. The predicted octanol–water partition coefficient (Wildman–Crippen LogP) is 3.34. The first-order valence-electron chi connectivity index (χ1n) is 10.1. The van der Waals surface area contributed by atoms with Gasteiger partial charge >= 0.3 is 0 Å². The van der Waals surface area contributed by atoms with E-state index >= 15 is 0 Å². The lowest BCUT2D eigenvalue weighted by Crippen LogP contribution is -2.27. The van der Waals surface area contributed by atoms with Gasteiger partial charge in [-0.2, -0.15) is 5.10 Å². The van der Waals surface area contributed by atoms with Crippen LogP contribution >= 0.6 is 0 Å². The first-order valence-corrected chi connectivity index (χ1v) is 11.7. The van der Waals surface area contributed by atoms with E-state index in [1.807, 2.05) is 48.5 Å². The number of hydrogen-bond acceptors (Lipinski definition) is 6. The fourth-order valence-electron chi connectivity index (χ4n) is 3.66. The minimum atomic E-state index is -3.85. The van der Waals surface area contributed by atoms with Crippen LogP contribution < -0.4 is 14.6 Å². The molecule has 1 aliphatic heterocycles. The molecule has 9 heteroatoms. The predicted molar refractivity (Wildman–Crippen MR) is 124 cm³/mol. The van der Waals surface area contributed by atoms with E-state index in [1.54, 1.807) is 14.2 Å². The SMILES string of the molecule is COc1ccc(C2=NN(C(=O)c3ccc(S(N)(=O)=O)cc3)C(c3ccc(OC)cc3)C2)cc1. The van der Waals surface area contributed by atoms with Crippen molar-refractivity contribution < 1.29 is 22.7 Å². The maximum absolute atomic E-state index is 13.4. The van der Waals surface area contributed by atoms with Crippen molar-refractivity contribution in [3.8, 4) is 11.5 Å². The molecule has 33 heavy (non-hydrogen) atoms. The highest BCUT2D eigenvalue weighted by Gasteiger charge is 2.33. The topological polar surface area (TPSA) is 111 Å². The lowest BCUT2D eigenvalue weighted by atomic mass is 9.98. The number of sulfonamides is 1. The molecule has 1 unspecified atom stereocenters. The van der Waals surface area contributed by atoms with E-state index in [4.69, 9.17) is 14.6 Å². The number of hydrogen-bond donors (Lipinski definition) is 1. The van der Waals surface area contributed by atoms with E-state index in [1.165, 1.54) is 29.3 Å². The van der Waals surface area contributed by atoms with Crippen LogP contribution in [0.3, 0.4) is 0 Å². The molecule has 0 aromatic heterocycles. The average Bonchev–Trinajstić information content (AvgIpc) is 3.28. The molecule has 170 valence electrons. The number of primary sulfonamides is 1. The normalized spacial score (nSPS) is 15.8. The fourth-order valence-corrected chi connectivity index (χ4v) is 4.18. The monoisotopic (exact) mass is 465 g/mol. The highest BCUT2D eigenvalue weighted by atomic mass is 32.2. The van der Waals surface area contributed by atoms with E-state index in [9.17, 15) is 13.2 Å². The molecule has 2 N–H and O–H groups in total. The molecule has 3 aromatic rings. The van der Waals surface area contributed by atoms with E-state index in [2.05, 4.69) is 5.10 Å². The zero-order chi connectivity index (χ0) is 23.6. The number of nitrogens with two attached hydrogens (primary N) is 1. The van der Waals surface area contributed by atoms with Gasteiger partial charge in [-0.05, 0) is 71.8 Å². The summed E-state index contributed by atoms with van der Waals surface area (Å²) in [4.78, 5) is 13.3. The number of rotatable bonds is 6. The molecule has 8 nitrogen and oxygen atoms in total. The third-order valence-electron chi connectivity index (χ3n) is 5.47. The molecule has 0 aliphatic carbocycles. The summed E-state index contributed by atoms with van der Waals surface area (Å²) in [6, 6.07) is 20.1. The summed E-state index contributed by atoms with van der Waals surface area (Å²) < 4.78 is 33.6. The van der Waals surface area contributed by atoms with Crippen LogP contribution in [0.5, 0.6) is 11.5 Å². The van der Waals surface area contributed by atoms with Crippen molar-refractivity contribution in [3.63, 3.8) is 0 Å². The van der Waals surface area contributed by atoms with Gasteiger partial charge < -0.3 is 9.47 Å². The minimum Gasteiger partial charge on any atom is -0.497 e. The molecule has 0 saturated heterocycles. The van der Waals surface area contributed by atoms with E-state index in [-0.39, 0.29) is 16.8 Å². The first-order chi connectivity index (χ1) is 15.8. The Bertz CT molecular complexity index is 1290. The number of amides is 1. The molecule has 1 heterocycles. The minimum absolute atomic E-state index is 0.0606. The number of benzene rings is 3. The van der Waals surface area contributed by atoms with Gasteiger partial charge in [-0.3, -0.25) is 4.79 Å². The third kappa shape index (κ3) is 4.74. The Kier molecular flexibility index (Phi) is 6.17. The van der Waals surface area contributed by atoms with Crippen LogP contribution in [-0.4, -0.2) is 39.3 Å². The van der Waals surface area contributed by atoms with Crippen LogP contribution in [0.25, 0.3) is 0 Å². The molecule has 0 saturated carbocycles. The van der Waals surface area contributed by atoms with Crippen LogP contribution in [0.4, 0.5) is 0 Å². The third-order valence-corrected chi connectivity index (χ3v) is 6.40. The van der Waals surface area contributed by atoms with Gasteiger partial charge in [-0.25, -0.2) is 18.6 Å². The summed E-state index contributed by atoms with van der Waals surface area (Å²) in [6.07, 6.45) is 0.514. The Labute approximate surface area is 192 Å². The standard InChI is InChI=1S/C24H23N3O5S/c1-31-19-9-3-16(4-10-19)22-15-23(17-5-11-20(32-2)12-6-17)27(26-22)24(28)18-7-13-21(14-8-18)33(25,29)30/h3-14,23H,15H2,1-2H3,(H2,25,29,30). The van der Waals surface area contributed by atoms with Crippen molar-refractivity contribution in [1.82, 2.24) is 5.01 Å². The summed E-state index contributed by atoms with van der Waals surface area (Å²) in [7, 11) is -0.656. The second-order valence-electron chi connectivity index (χ2n) is 7.49. The van der Waals surface area contributed by atoms with Crippen LogP contribution in [0.2, 0.25) is 0 Å². The molecule has 0 fully saturated rings. The van der Waals surface area contributed by atoms with Gasteiger partial charge in [0.05, 0.1) is 30.9 Å². The highest BCUT2D eigenvalue weighted by Crippen LogP contribution is 2.35. The van der Waals surface area contributed by atoms with Crippen molar-refractivity contribution in [3.05, 3.63) is 89.5 Å². The summed E-state index contributed by atoms with van der Waals surface area (Å²) in [5.41, 5.74) is 2.85. The van der Waals surface area contributed by atoms with Gasteiger partial charge in [0.25, 0.3) is 5.91 Å². The van der Waals surface area contributed by atoms with Crippen molar-refractivity contribution >= 4 is 21.6 Å². The molecule has 1 amide bonds. The van der Waals surface area contributed by atoms with E-state index in [0.29, 0.717) is 17.7 Å². The van der Waals surface area contributed by atoms with Crippen LogP contribution in [0.1, 0.15) is 33.9 Å². The van der Waals surface area contributed by atoms with Crippen LogP contribution in [-0.2, 0) is 10.0 Å². The highest BCUT2D eigenvalue weighted by molar-refractivity contribution is 7.89. The van der Waals surface area contributed by atoms with Gasteiger partial charge in [0, 0.05) is 12.0 Å². The molecular weight excluding hydrogens is 442 g/mol. The number of carbonyl (C=O) groups is 1. The number of nitrogens with zero attached hydrogens (tertiary/aromatic N) is 2. The average molecular weight is 466 g/mol. The van der Waals surface area contributed by atoms with Gasteiger partial charge in [0.1, 0.15) is 11.5 Å². The van der Waals surface area contributed by atoms with Crippen LogP contribution in [0.15, 0.2) is 82.8 Å². The molecule has 0 bridgehead atoms. The molecular formula is C24H23N3O5S. The number of ether oxygens (including phenoxy) is 2. The summed E-state index contributed by atoms with van der Waals surface area (Å²) in [5.74, 6) is 1.09. The lowest BCUT2D eigenvalue weighted by Gasteiger charge is -2.22. The van der Waals surface area contributed by atoms with Crippen molar-refractivity contribution in [1.29, 1.82) is 0 Å². The summed E-state index contributed by atoms with van der Waals surface area (Å²) >= 11 is 0. The number of carbonyl (C=O) groups excluding carboxylic acids is 1. The fraction of sp³-hybridized carbons (Fsp3) is 0.167. The Hall–Kier alpha value is -3.69. The van der Waals surface area contributed by atoms with E-state index in [0.717, 1.165) is 22.6 Å². The quantitative estimate of drug-likeness (QED) is 0.600. The summed E-state index contributed by atoms with van der Waals surface area (Å²) in [5, 5.41) is 11.3. The van der Waals surface area contributed by atoms with Crippen molar-refractivity contribution in [2.24, 2.45) is 10.2 Å². The van der Waals surface area contributed by atoms with Gasteiger partial charge in [0.15, 0.2) is 0 Å². The van der Waals surface area contributed by atoms with Gasteiger partial charge in [-0.15, -0.1) is 0 Å². The Morgan fingerprint density at radius 3 is 1.97 bits per heavy atom. The maximum atomic E-state index is 13.4. The van der Waals surface area contributed by atoms with E-state index < -0.39 is 10.0 Å². The first kappa shape index (κ1) is 22.5. The van der Waals surface area contributed by atoms with Crippen LogP contribution in [0, 0.1) is 0 Å². The number of methoxy groups -OCH3 is 2. The van der Waals surface area contributed by atoms with Crippen molar-refractivity contribution in [2.75, 3.05) is 14.2 Å². The molecule has 1 atom stereocenters. The zero-order valence-electron chi connectivity index (χ0n) is 18.1. The Morgan fingerprint density at radius 2 is 1.45 bits per heavy atom. The smallest absolute Gasteiger partial charge is 0.274 e. The molecule has 3 aromatic carbocycles. The largest absolute Gasteiger partial charge is 0.497 e. The summed E-state index contributed by atoms with van der Waals surface area (Å²) in [6.45, 7) is 0. The molecule has 0 radical (unpaired) electrons. The molecule has 4 rings (SSSR count). The zero-order valence-corrected chi connectivity index (χ0v) is 19.0. The second kappa shape index (κ2) is 9.05. The lowest BCUT2D eigenvalue weighted by molar-refractivity contribution is 0.0711. The Morgan fingerprint density at radius 1 is 0.909 bits per heavy atom. The maximum Gasteiger partial charge on any atom is 0.274 e. The van der Waals surface area contributed by atoms with Crippen molar-refractivity contribution in [2.45, 2.75) is 17.4 Å².